The molecule has 0 spiro atoms. The van der Waals surface area contributed by atoms with Crippen LogP contribution in [0.3, 0.4) is 0 Å². The van der Waals surface area contributed by atoms with Crippen molar-refractivity contribution in [2.75, 3.05) is 0 Å². The zero-order chi connectivity index (χ0) is 22.7. The number of hydrogen-bond donors (Lipinski definition) is 0. The first-order valence-corrected chi connectivity index (χ1v) is 12.5. The van der Waals surface area contributed by atoms with Crippen molar-refractivity contribution in [3.63, 3.8) is 0 Å². The van der Waals surface area contributed by atoms with Crippen LogP contribution in [0.25, 0.3) is 11.1 Å². The first-order chi connectivity index (χ1) is 15.4. The van der Waals surface area contributed by atoms with Crippen LogP contribution < -0.4 is 4.74 Å². The molecular weight excluding hydrogens is 409 g/mol. The van der Waals surface area contributed by atoms with Crippen molar-refractivity contribution in [1.29, 1.82) is 0 Å². The van der Waals surface area contributed by atoms with Crippen molar-refractivity contribution in [3.05, 3.63) is 52.8 Å². The number of hydrogen-bond acceptors (Lipinski definition) is 1. The maximum absolute atomic E-state index is 14.9. The third kappa shape index (κ3) is 4.70. The van der Waals surface area contributed by atoms with Gasteiger partial charge in [-0.15, -0.1) is 0 Å². The zero-order valence-electron chi connectivity index (χ0n) is 19.4. The van der Waals surface area contributed by atoms with Gasteiger partial charge in [0.2, 0.25) is 0 Å². The normalized spacial score (nSPS) is 21.5. The van der Waals surface area contributed by atoms with Gasteiger partial charge in [-0.1, -0.05) is 76.6 Å². The van der Waals surface area contributed by atoms with E-state index in [0.29, 0.717) is 29.0 Å². The molecule has 0 N–H and O–H groups in total. The standard InChI is InChI=1S/C28H35F3O/c1-3-5-6-7-8-9-19-10-12-21(13-11-19)22-15-16-23-24-17-14-20(4-2)26(29)27(24)32-28(30,31)25(23)18-22/h14-19,21H,3-13H2,1-2H3. The van der Waals surface area contributed by atoms with Crippen LogP contribution in [0, 0.1) is 11.7 Å². The monoisotopic (exact) mass is 444 g/mol. The van der Waals surface area contributed by atoms with Crippen LogP contribution in [0.1, 0.15) is 101 Å². The first kappa shape index (κ1) is 23.2. The Bertz CT molecular complexity index is 929. The summed E-state index contributed by atoms with van der Waals surface area (Å²) in [5.74, 6) is 0.0902. The summed E-state index contributed by atoms with van der Waals surface area (Å²) in [5, 5.41) is 0. The van der Waals surface area contributed by atoms with Gasteiger partial charge in [0.05, 0.1) is 5.56 Å². The molecule has 4 rings (SSSR count). The fourth-order valence-electron chi connectivity index (χ4n) is 5.48. The van der Waals surface area contributed by atoms with E-state index in [1.54, 1.807) is 31.2 Å². The Morgan fingerprint density at radius 1 is 0.906 bits per heavy atom. The molecule has 1 aliphatic heterocycles. The number of halogens is 3. The summed E-state index contributed by atoms with van der Waals surface area (Å²) in [6.07, 6.45) is 9.25. The Balaban J connectivity index is 1.47. The van der Waals surface area contributed by atoms with Gasteiger partial charge in [-0.2, -0.15) is 8.78 Å². The van der Waals surface area contributed by atoms with Gasteiger partial charge < -0.3 is 4.74 Å². The van der Waals surface area contributed by atoms with Crippen molar-refractivity contribution in [1.82, 2.24) is 0 Å². The van der Waals surface area contributed by atoms with Crippen LogP contribution in [-0.2, 0) is 12.5 Å². The molecule has 1 saturated carbocycles. The number of aryl methyl sites for hydroxylation is 1. The molecular formula is C28H35F3O. The van der Waals surface area contributed by atoms with Crippen molar-refractivity contribution in [2.24, 2.45) is 5.92 Å². The highest BCUT2D eigenvalue weighted by atomic mass is 19.3. The Labute approximate surface area is 190 Å². The number of rotatable bonds is 8. The van der Waals surface area contributed by atoms with Crippen molar-refractivity contribution in [3.8, 4) is 16.9 Å². The smallest absolute Gasteiger partial charge is 0.425 e. The summed E-state index contributed by atoms with van der Waals surface area (Å²) in [5.41, 5.74) is 2.01. The van der Waals surface area contributed by atoms with Crippen LogP contribution in [0.5, 0.6) is 5.75 Å². The average Bonchev–Trinajstić information content (AvgIpc) is 2.80. The zero-order valence-corrected chi connectivity index (χ0v) is 19.4. The molecule has 1 fully saturated rings. The Morgan fingerprint density at radius 3 is 2.34 bits per heavy atom. The fourth-order valence-corrected chi connectivity index (χ4v) is 5.48. The van der Waals surface area contributed by atoms with E-state index in [4.69, 9.17) is 4.74 Å². The lowest BCUT2D eigenvalue weighted by atomic mass is 9.76. The van der Waals surface area contributed by atoms with Crippen LogP contribution in [0.4, 0.5) is 13.2 Å². The lowest BCUT2D eigenvalue weighted by Gasteiger charge is -2.32. The minimum atomic E-state index is -3.53. The molecule has 0 saturated heterocycles. The molecule has 0 unspecified atom stereocenters. The molecule has 0 bridgehead atoms. The second kappa shape index (κ2) is 9.89. The van der Waals surface area contributed by atoms with E-state index in [0.717, 1.165) is 24.3 Å². The van der Waals surface area contributed by atoms with Gasteiger partial charge in [-0.05, 0) is 66.7 Å². The molecule has 1 aliphatic carbocycles. The van der Waals surface area contributed by atoms with E-state index in [9.17, 15) is 13.2 Å². The molecule has 2 aromatic carbocycles. The molecule has 32 heavy (non-hydrogen) atoms. The van der Waals surface area contributed by atoms with Gasteiger partial charge in [0.1, 0.15) is 0 Å². The summed E-state index contributed by atoms with van der Waals surface area (Å²) in [7, 11) is 0. The van der Waals surface area contributed by atoms with E-state index in [1.165, 1.54) is 51.4 Å². The second-order valence-corrected chi connectivity index (χ2v) is 9.61. The summed E-state index contributed by atoms with van der Waals surface area (Å²) in [6.45, 7) is 4.04. The van der Waals surface area contributed by atoms with Gasteiger partial charge in [0, 0.05) is 5.56 Å². The predicted octanol–water partition coefficient (Wildman–Crippen LogP) is 9.13. The van der Waals surface area contributed by atoms with E-state index >= 15 is 0 Å². The molecule has 4 heteroatoms. The molecule has 0 radical (unpaired) electrons. The number of ether oxygens (including phenoxy) is 1. The minimum Gasteiger partial charge on any atom is -0.425 e. The average molecular weight is 445 g/mol. The highest BCUT2D eigenvalue weighted by Crippen LogP contribution is 2.50. The maximum atomic E-state index is 14.9. The van der Waals surface area contributed by atoms with E-state index < -0.39 is 11.9 Å². The van der Waals surface area contributed by atoms with Crippen LogP contribution >= 0.6 is 0 Å². The highest BCUT2D eigenvalue weighted by Gasteiger charge is 2.43. The van der Waals surface area contributed by atoms with E-state index in [1.807, 2.05) is 6.07 Å². The molecule has 1 nitrogen and oxygen atoms in total. The van der Waals surface area contributed by atoms with Crippen LogP contribution in [-0.4, -0.2) is 0 Å². The van der Waals surface area contributed by atoms with Gasteiger partial charge in [-0.3, -0.25) is 0 Å². The fraction of sp³-hybridized carbons (Fsp3) is 0.571. The largest absolute Gasteiger partial charge is 0.427 e. The molecule has 0 aromatic heterocycles. The van der Waals surface area contributed by atoms with Gasteiger partial charge >= 0.3 is 6.11 Å². The molecule has 1 heterocycles. The number of fused-ring (bicyclic) bond motifs is 3. The van der Waals surface area contributed by atoms with Gasteiger partial charge in [0.25, 0.3) is 0 Å². The Hall–Kier alpha value is -1.97. The van der Waals surface area contributed by atoms with Gasteiger partial charge in [-0.25, -0.2) is 4.39 Å². The first-order valence-electron chi connectivity index (χ1n) is 12.5. The van der Waals surface area contributed by atoms with Crippen LogP contribution in [0.2, 0.25) is 0 Å². The second-order valence-electron chi connectivity index (χ2n) is 9.61. The van der Waals surface area contributed by atoms with Crippen molar-refractivity contribution < 1.29 is 17.9 Å². The third-order valence-electron chi connectivity index (χ3n) is 7.47. The highest BCUT2D eigenvalue weighted by molar-refractivity contribution is 5.77. The number of unbranched alkanes of at least 4 members (excludes halogenated alkanes) is 4. The SMILES string of the molecule is CCCCCCCC1CCC(c2ccc3c(c2)C(F)(F)Oc2c-3ccc(CC)c2F)CC1. The summed E-state index contributed by atoms with van der Waals surface area (Å²) in [4.78, 5) is 0. The predicted molar refractivity (Wildman–Crippen MR) is 124 cm³/mol. The van der Waals surface area contributed by atoms with Crippen LogP contribution in [0.15, 0.2) is 30.3 Å². The summed E-state index contributed by atoms with van der Waals surface area (Å²) >= 11 is 0. The molecule has 0 atom stereocenters. The molecule has 2 aromatic rings. The summed E-state index contributed by atoms with van der Waals surface area (Å²) in [6, 6.07) is 8.69. The lowest BCUT2D eigenvalue weighted by molar-refractivity contribution is -0.188. The van der Waals surface area contributed by atoms with Gasteiger partial charge in [0.15, 0.2) is 11.6 Å². The minimum absolute atomic E-state index is 0.135. The number of alkyl halides is 2. The summed E-state index contributed by atoms with van der Waals surface area (Å²) < 4.78 is 49.5. The number of benzene rings is 2. The lowest BCUT2D eigenvalue weighted by Crippen LogP contribution is -2.27. The van der Waals surface area contributed by atoms with E-state index in [2.05, 4.69) is 6.92 Å². The molecule has 174 valence electrons. The molecule has 0 amide bonds. The van der Waals surface area contributed by atoms with Crippen molar-refractivity contribution in [2.45, 2.75) is 96.5 Å². The molecule has 2 aliphatic rings. The Kier molecular flexibility index (Phi) is 7.17. The van der Waals surface area contributed by atoms with E-state index in [-0.39, 0.29) is 11.3 Å². The topological polar surface area (TPSA) is 9.23 Å². The third-order valence-corrected chi connectivity index (χ3v) is 7.47. The maximum Gasteiger partial charge on any atom is 0.427 e. The van der Waals surface area contributed by atoms with Crippen molar-refractivity contribution >= 4 is 0 Å². The quantitative estimate of drug-likeness (QED) is 0.369. The Morgan fingerprint density at radius 2 is 1.62 bits per heavy atom.